The van der Waals surface area contributed by atoms with Gasteiger partial charge in [-0.25, -0.2) is 4.39 Å². The molecule has 0 atom stereocenters. The average Bonchev–Trinajstić information content (AvgIpc) is 1.99. The van der Waals surface area contributed by atoms with E-state index in [9.17, 15) is 4.39 Å². The summed E-state index contributed by atoms with van der Waals surface area (Å²) in [5, 5.41) is -0.0660. The van der Waals surface area contributed by atoms with Gasteiger partial charge in [-0.3, -0.25) is 0 Å². The maximum atomic E-state index is 12.7. The zero-order valence-corrected chi connectivity index (χ0v) is 7.21. The Labute approximate surface area is 73.7 Å². The van der Waals surface area contributed by atoms with Crippen LogP contribution in [0.3, 0.4) is 0 Å². The number of hydrogen-bond donors (Lipinski definition) is 0. The van der Waals surface area contributed by atoms with E-state index in [0.717, 1.165) is 0 Å². The zero-order chi connectivity index (χ0) is 8.43. The van der Waals surface area contributed by atoms with Crippen LogP contribution in [-0.4, -0.2) is 7.11 Å². The quantitative estimate of drug-likeness (QED) is 0.625. The first-order chi connectivity index (χ1) is 5.15. The molecule has 0 fully saturated rings. The highest BCUT2D eigenvalue weighted by atomic mass is 35.5. The van der Waals surface area contributed by atoms with Crippen molar-refractivity contribution in [2.75, 3.05) is 7.11 Å². The van der Waals surface area contributed by atoms with E-state index in [1.54, 1.807) is 0 Å². The molecule has 0 saturated carbocycles. The van der Waals surface area contributed by atoms with Gasteiger partial charge in [0.05, 0.1) is 17.2 Å². The Hall–Kier alpha value is -0.470. The molecule has 0 unspecified atom stereocenters. The highest BCUT2D eigenvalue weighted by molar-refractivity contribution is 6.35. The molecule has 11 heavy (non-hydrogen) atoms. The third-order valence-electron chi connectivity index (χ3n) is 1.19. The zero-order valence-electron chi connectivity index (χ0n) is 5.70. The number of halogens is 3. The van der Waals surface area contributed by atoms with Crippen molar-refractivity contribution in [3.63, 3.8) is 0 Å². The predicted molar refractivity (Wildman–Crippen MR) is 43.0 cm³/mol. The SMILES string of the molecule is COc1cc(Cl)c(F)c(Cl)c1. The van der Waals surface area contributed by atoms with Crippen molar-refractivity contribution in [1.29, 1.82) is 0 Å². The predicted octanol–water partition coefficient (Wildman–Crippen LogP) is 3.14. The minimum atomic E-state index is -0.617. The second-order valence-electron chi connectivity index (χ2n) is 1.91. The summed E-state index contributed by atoms with van der Waals surface area (Å²) in [6, 6.07) is 2.73. The van der Waals surface area contributed by atoms with E-state index < -0.39 is 5.82 Å². The summed E-state index contributed by atoms with van der Waals surface area (Å²) in [5.41, 5.74) is 0. The number of rotatable bonds is 1. The van der Waals surface area contributed by atoms with Gasteiger partial charge in [0.25, 0.3) is 0 Å². The van der Waals surface area contributed by atoms with Crippen molar-refractivity contribution in [2.45, 2.75) is 0 Å². The molecule has 4 heteroatoms. The van der Waals surface area contributed by atoms with Gasteiger partial charge in [0.2, 0.25) is 0 Å². The molecule has 1 rings (SSSR count). The molecule has 0 radical (unpaired) electrons. The summed E-state index contributed by atoms with van der Waals surface area (Å²) >= 11 is 10.9. The lowest BCUT2D eigenvalue weighted by Gasteiger charge is -2.01. The van der Waals surface area contributed by atoms with Crippen molar-refractivity contribution >= 4 is 23.2 Å². The third kappa shape index (κ3) is 1.76. The van der Waals surface area contributed by atoms with Crippen molar-refractivity contribution in [3.8, 4) is 5.75 Å². The van der Waals surface area contributed by atoms with Crippen LogP contribution >= 0.6 is 23.2 Å². The molecule has 0 bridgehead atoms. The lowest BCUT2D eigenvalue weighted by molar-refractivity contribution is 0.414. The largest absolute Gasteiger partial charge is 0.497 e. The molecule has 1 nitrogen and oxygen atoms in total. The van der Waals surface area contributed by atoms with Crippen LogP contribution in [0.25, 0.3) is 0 Å². The first-order valence-corrected chi connectivity index (χ1v) is 3.59. The van der Waals surface area contributed by atoms with Crippen molar-refractivity contribution in [1.82, 2.24) is 0 Å². The number of hydrogen-bond acceptors (Lipinski definition) is 1. The maximum Gasteiger partial charge on any atom is 0.160 e. The molecule has 0 amide bonds. The summed E-state index contributed by atoms with van der Waals surface area (Å²) in [6.45, 7) is 0. The number of ether oxygens (including phenoxy) is 1. The minimum absolute atomic E-state index is 0.0330. The van der Waals surface area contributed by atoms with Crippen molar-refractivity contribution < 1.29 is 9.13 Å². The molecular formula is C7H5Cl2FO. The summed E-state index contributed by atoms with van der Waals surface area (Å²) in [7, 11) is 1.46. The highest BCUT2D eigenvalue weighted by Gasteiger charge is 2.06. The Morgan fingerprint density at radius 2 is 1.73 bits per heavy atom. The molecule has 0 aliphatic heterocycles. The van der Waals surface area contributed by atoms with Crippen LogP contribution in [0.1, 0.15) is 0 Å². The maximum absolute atomic E-state index is 12.7. The normalized spacial score (nSPS) is 9.82. The van der Waals surface area contributed by atoms with Crippen molar-refractivity contribution in [2.24, 2.45) is 0 Å². The molecule has 0 spiro atoms. The van der Waals surface area contributed by atoms with E-state index in [1.165, 1.54) is 19.2 Å². The molecule has 1 aromatic carbocycles. The second-order valence-corrected chi connectivity index (χ2v) is 2.72. The Morgan fingerprint density at radius 3 is 2.09 bits per heavy atom. The van der Waals surface area contributed by atoms with Crippen LogP contribution in [0.4, 0.5) is 4.39 Å². The second kappa shape index (κ2) is 3.28. The van der Waals surface area contributed by atoms with Crippen LogP contribution in [0.5, 0.6) is 5.75 Å². The van der Waals surface area contributed by atoms with Gasteiger partial charge in [-0.15, -0.1) is 0 Å². The molecule has 1 aromatic rings. The van der Waals surface area contributed by atoms with Gasteiger partial charge >= 0.3 is 0 Å². The Morgan fingerprint density at radius 1 is 1.27 bits per heavy atom. The monoisotopic (exact) mass is 194 g/mol. The van der Waals surface area contributed by atoms with Gasteiger partial charge in [0.15, 0.2) is 5.82 Å². The molecule has 0 aliphatic carbocycles. The summed E-state index contributed by atoms with van der Waals surface area (Å²) in [6.07, 6.45) is 0. The van der Waals surface area contributed by atoms with E-state index in [2.05, 4.69) is 0 Å². The van der Waals surface area contributed by atoms with Gasteiger partial charge in [0, 0.05) is 12.1 Å². The topological polar surface area (TPSA) is 9.23 Å². The Balaban J connectivity index is 3.21. The van der Waals surface area contributed by atoms with E-state index >= 15 is 0 Å². The van der Waals surface area contributed by atoms with E-state index in [4.69, 9.17) is 27.9 Å². The summed E-state index contributed by atoms with van der Waals surface area (Å²) < 4.78 is 17.5. The summed E-state index contributed by atoms with van der Waals surface area (Å²) in [4.78, 5) is 0. The van der Waals surface area contributed by atoms with Crippen LogP contribution < -0.4 is 4.74 Å². The Kier molecular flexibility index (Phi) is 2.58. The summed E-state index contributed by atoms with van der Waals surface area (Å²) in [5.74, 6) is -0.171. The van der Waals surface area contributed by atoms with Gasteiger partial charge in [-0.2, -0.15) is 0 Å². The number of benzene rings is 1. The third-order valence-corrected chi connectivity index (χ3v) is 1.74. The molecular weight excluding hydrogens is 190 g/mol. The van der Waals surface area contributed by atoms with Crippen molar-refractivity contribution in [3.05, 3.63) is 28.0 Å². The minimum Gasteiger partial charge on any atom is -0.497 e. The fraction of sp³-hybridized carbons (Fsp3) is 0.143. The van der Waals surface area contributed by atoms with Crippen LogP contribution in [0, 0.1) is 5.82 Å². The molecule has 0 heterocycles. The fourth-order valence-corrected chi connectivity index (χ4v) is 1.12. The molecule has 0 saturated heterocycles. The first kappa shape index (κ1) is 8.62. The standard InChI is InChI=1S/C7H5Cl2FO/c1-11-4-2-5(8)7(10)6(9)3-4/h2-3H,1H3. The van der Waals surface area contributed by atoms with Crippen LogP contribution in [-0.2, 0) is 0 Å². The lowest BCUT2D eigenvalue weighted by atomic mass is 10.3. The van der Waals surface area contributed by atoms with Gasteiger partial charge in [-0.05, 0) is 0 Å². The van der Waals surface area contributed by atoms with Gasteiger partial charge in [-0.1, -0.05) is 23.2 Å². The number of methoxy groups -OCH3 is 1. The molecule has 0 N–H and O–H groups in total. The highest BCUT2D eigenvalue weighted by Crippen LogP contribution is 2.28. The molecule has 0 aliphatic rings. The average molecular weight is 195 g/mol. The van der Waals surface area contributed by atoms with Gasteiger partial charge < -0.3 is 4.74 Å². The van der Waals surface area contributed by atoms with Crippen LogP contribution in [0.2, 0.25) is 10.0 Å². The Bertz CT molecular complexity index is 252. The molecule has 60 valence electrons. The van der Waals surface area contributed by atoms with Crippen LogP contribution in [0.15, 0.2) is 12.1 Å². The lowest BCUT2D eigenvalue weighted by Crippen LogP contribution is -1.85. The van der Waals surface area contributed by atoms with Gasteiger partial charge in [0.1, 0.15) is 5.75 Å². The first-order valence-electron chi connectivity index (χ1n) is 2.83. The molecule has 0 aromatic heterocycles. The fourth-order valence-electron chi connectivity index (χ4n) is 0.650. The smallest absolute Gasteiger partial charge is 0.160 e. The van der Waals surface area contributed by atoms with E-state index in [-0.39, 0.29) is 10.0 Å². The van der Waals surface area contributed by atoms with E-state index in [0.29, 0.717) is 5.75 Å². The van der Waals surface area contributed by atoms with E-state index in [1.807, 2.05) is 0 Å².